The lowest BCUT2D eigenvalue weighted by atomic mass is 10.2. The monoisotopic (exact) mass is 312 g/mol. The molecule has 2 amide bonds. The Kier molecular flexibility index (Phi) is 6.36. The van der Waals surface area contributed by atoms with Gasteiger partial charge >= 0.3 is 0 Å². The third-order valence-corrected chi connectivity index (χ3v) is 3.84. The lowest BCUT2D eigenvalue weighted by molar-refractivity contribution is -0.120. The molecule has 0 radical (unpaired) electrons. The first-order valence-electron chi connectivity index (χ1n) is 6.69. The highest BCUT2D eigenvalue weighted by molar-refractivity contribution is 7.90. The molecule has 0 saturated carbocycles. The molecule has 0 heterocycles. The maximum atomic E-state index is 11.9. The number of hydrogen-bond acceptors (Lipinski definition) is 4. The summed E-state index contributed by atoms with van der Waals surface area (Å²) >= 11 is 0. The van der Waals surface area contributed by atoms with Gasteiger partial charge in [0.25, 0.3) is 5.91 Å². The zero-order valence-electron chi connectivity index (χ0n) is 12.2. The van der Waals surface area contributed by atoms with E-state index in [1.54, 1.807) is 0 Å². The Morgan fingerprint density at radius 2 is 1.86 bits per heavy atom. The zero-order valence-corrected chi connectivity index (χ0v) is 13.0. The Morgan fingerprint density at radius 1 is 1.14 bits per heavy atom. The molecule has 7 heteroatoms. The van der Waals surface area contributed by atoms with Crippen LogP contribution in [0.5, 0.6) is 0 Å². The molecule has 1 rings (SSSR count). The van der Waals surface area contributed by atoms with Gasteiger partial charge in [-0.2, -0.15) is 0 Å². The molecule has 21 heavy (non-hydrogen) atoms. The summed E-state index contributed by atoms with van der Waals surface area (Å²) in [6.45, 7) is 2.78. The fourth-order valence-electron chi connectivity index (χ4n) is 1.61. The van der Waals surface area contributed by atoms with Gasteiger partial charge in [0.05, 0.1) is 4.90 Å². The van der Waals surface area contributed by atoms with Crippen molar-refractivity contribution in [2.75, 3.05) is 19.3 Å². The van der Waals surface area contributed by atoms with Crippen molar-refractivity contribution in [3.63, 3.8) is 0 Å². The summed E-state index contributed by atoms with van der Waals surface area (Å²) < 4.78 is 22.9. The van der Waals surface area contributed by atoms with Gasteiger partial charge in [-0.1, -0.05) is 13.0 Å². The summed E-state index contributed by atoms with van der Waals surface area (Å²) in [5.74, 6) is -0.522. The van der Waals surface area contributed by atoms with Gasteiger partial charge in [0.1, 0.15) is 0 Å². The van der Waals surface area contributed by atoms with E-state index in [4.69, 9.17) is 0 Å². The van der Waals surface area contributed by atoms with E-state index in [1.807, 2.05) is 6.92 Å². The van der Waals surface area contributed by atoms with Crippen LogP contribution in [0.15, 0.2) is 29.2 Å². The molecule has 0 aliphatic carbocycles. The Bertz CT molecular complexity index is 611. The van der Waals surface area contributed by atoms with Gasteiger partial charge in [0.15, 0.2) is 9.84 Å². The topological polar surface area (TPSA) is 92.3 Å². The van der Waals surface area contributed by atoms with Gasteiger partial charge in [-0.15, -0.1) is 0 Å². The Labute approximate surface area is 124 Å². The Hall–Kier alpha value is -1.89. The normalized spacial score (nSPS) is 11.0. The van der Waals surface area contributed by atoms with Crippen molar-refractivity contribution < 1.29 is 18.0 Å². The number of carbonyl (C=O) groups excluding carboxylic acids is 2. The lowest BCUT2D eigenvalue weighted by Gasteiger charge is -2.07. The Morgan fingerprint density at radius 3 is 2.48 bits per heavy atom. The van der Waals surface area contributed by atoms with Crippen molar-refractivity contribution in [3.8, 4) is 0 Å². The van der Waals surface area contributed by atoms with Crippen LogP contribution in [0.2, 0.25) is 0 Å². The van der Waals surface area contributed by atoms with E-state index < -0.39 is 15.7 Å². The minimum Gasteiger partial charge on any atom is -0.356 e. The SMILES string of the molecule is CCCNC(=O)CCNC(=O)c1cccc(S(C)(=O)=O)c1. The van der Waals surface area contributed by atoms with Crippen molar-refractivity contribution in [1.29, 1.82) is 0 Å². The molecule has 0 bridgehead atoms. The molecule has 0 unspecified atom stereocenters. The van der Waals surface area contributed by atoms with Gasteiger partial charge in [0.2, 0.25) is 5.91 Å². The molecule has 0 aliphatic rings. The predicted molar refractivity (Wildman–Crippen MR) is 79.8 cm³/mol. The summed E-state index contributed by atoms with van der Waals surface area (Å²) in [4.78, 5) is 23.3. The van der Waals surface area contributed by atoms with E-state index in [9.17, 15) is 18.0 Å². The number of benzene rings is 1. The summed E-state index contributed by atoms with van der Waals surface area (Å²) in [5.41, 5.74) is 0.256. The number of amides is 2. The summed E-state index contributed by atoms with van der Waals surface area (Å²) in [6, 6.07) is 5.80. The lowest BCUT2D eigenvalue weighted by Crippen LogP contribution is -2.31. The van der Waals surface area contributed by atoms with E-state index in [0.29, 0.717) is 6.54 Å². The molecule has 6 nitrogen and oxygen atoms in total. The highest BCUT2D eigenvalue weighted by Crippen LogP contribution is 2.11. The van der Waals surface area contributed by atoms with Gasteiger partial charge < -0.3 is 10.6 Å². The summed E-state index contributed by atoms with van der Waals surface area (Å²) in [7, 11) is -3.35. The minimum absolute atomic E-state index is 0.0934. The van der Waals surface area contributed by atoms with E-state index in [-0.39, 0.29) is 29.3 Å². The predicted octanol–water partition coefficient (Wildman–Crippen LogP) is 0.736. The highest BCUT2D eigenvalue weighted by Gasteiger charge is 2.11. The molecule has 0 aromatic heterocycles. The highest BCUT2D eigenvalue weighted by atomic mass is 32.2. The third kappa shape index (κ3) is 5.95. The number of sulfone groups is 1. The van der Waals surface area contributed by atoms with Crippen LogP contribution in [0.25, 0.3) is 0 Å². The first-order chi connectivity index (χ1) is 9.84. The van der Waals surface area contributed by atoms with Crippen LogP contribution in [-0.2, 0) is 14.6 Å². The molecule has 0 atom stereocenters. The second-order valence-corrected chi connectivity index (χ2v) is 6.67. The van der Waals surface area contributed by atoms with Crippen LogP contribution in [-0.4, -0.2) is 39.6 Å². The van der Waals surface area contributed by atoms with E-state index in [2.05, 4.69) is 10.6 Å². The molecule has 1 aromatic carbocycles. The van der Waals surface area contributed by atoms with E-state index in [0.717, 1.165) is 12.7 Å². The second-order valence-electron chi connectivity index (χ2n) is 4.66. The molecule has 0 saturated heterocycles. The van der Waals surface area contributed by atoms with E-state index >= 15 is 0 Å². The first kappa shape index (κ1) is 17.2. The van der Waals surface area contributed by atoms with Crippen molar-refractivity contribution in [3.05, 3.63) is 29.8 Å². The van der Waals surface area contributed by atoms with Crippen molar-refractivity contribution in [2.45, 2.75) is 24.7 Å². The smallest absolute Gasteiger partial charge is 0.251 e. The van der Waals surface area contributed by atoms with Crippen LogP contribution < -0.4 is 10.6 Å². The average Bonchev–Trinajstić information content (AvgIpc) is 2.44. The van der Waals surface area contributed by atoms with Crippen molar-refractivity contribution >= 4 is 21.7 Å². The van der Waals surface area contributed by atoms with Gasteiger partial charge in [-0.3, -0.25) is 9.59 Å². The number of hydrogen-bond donors (Lipinski definition) is 2. The zero-order chi connectivity index (χ0) is 15.9. The van der Waals surface area contributed by atoms with Gasteiger partial charge in [-0.05, 0) is 24.6 Å². The van der Waals surface area contributed by atoms with Crippen LogP contribution in [0, 0.1) is 0 Å². The van der Waals surface area contributed by atoms with E-state index in [1.165, 1.54) is 24.3 Å². The van der Waals surface area contributed by atoms with Gasteiger partial charge in [0, 0.05) is 31.3 Å². The Balaban J connectivity index is 2.55. The number of rotatable bonds is 7. The van der Waals surface area contributed by atoms with Gasteiger partial charge in [-0.25, -0.2) is 8.42 Å². The van der Waals surface area contributed by atoms with Crippen LogP contribution in [0.3, 0.4) is 0 Å². The molecule has 1 aromatic rings. The second kappa shape index (κ2) is 7.78. The average molecular weight is 312 g/mol. The molecule has 116 valence electrons. The fourth-order valence-corrected chi connectivity index (χ4v) is 2.28. The standard InChI is InChI=1S/C14H20N2O4S/c1-3-8-15-13(17)7-9-16-14(18)11-5-4-6-12(10-11)21(2,19)20/h4-6,10H,3,7-9H2,1-2H3,(H,15,17)(H,16,18). The fraction of sp³-hybridized carbons (Fsp3) is 0.429. The van der Waals surface area contributed by atoms with Crippen LogP contribution in [0.1, 0.15) is 30.1 Å². The molecule has 0 aliphatic heterocycles. The maximum Gasteiger partial charge on any atom is 0.251 e. The van der Waals surface area contributed by atoms with Crippen molar-refractivity contribution in [1.82, 2.24) is 10.6 Å². The largest absolute Gasteiger partial charge is 0.356 e. The molecule has 0 fully saturated rings. The molecule has 2 N–H and O–H groups in total. The summed E-state index contributed by atoms with van der Waals surface area (Å²) in [5, 5.41) is 5.30. The first-order valence-corrected chi connectivity index (χ1v) is 8.58. The molecule has 0 spiro atoms. The van der Waals surface area contributed by atoms with Crippen LogP contribution in [0.4, 0.5) is 0 Å². The maximum absolute atomic E-state index is 11.9. The number of nitrogens with one attached hydrogen (secondary N) is 2. The van der Waals surface area contributed by atoms with Crippen LogP contribution >= 0.6 is 0 Å². The van der Waals surface area contributed by atoms with Crippen molar-refractivity contribution in [2.24, 2.45) is 0 Å². The quantitative estimate of drug-likeness (QED) is 0.776. The number of carbonyl (C=O) groups is 2. The summed E-state index contributed by atoms with van der Waals surface area (Å²) in [6.07, 6.45) is 2.13. The third-order valence-electron chi connectivity index (χ3n) is 2.73. The minimum atomic E-state index is -3.35. The molecular weight excluding hydrogens is 292 g/mol. The molecular formula is C14H20N2O4S.